The molecule has 0 bridgehead atoms. The number of aromatic hydroxyl groups is 1. The van der Waals surface area contributed by atoms with E-state index in [0.29, 0.717) is 0 Å². The van der Waals surface area contributed by atoms with Crippen molar-refractivity contribution in [3.05, 3.63) is 29.8 Å². The molecule has 0 saturated heterocycles. The van der Waals surface area contributed by atoms with Gasteiger partial charge in [-0.3, -0.25) is 4.79 Å². The molecule has 5 heteroatoms. The summed E-state index contributed by atoms with van der Waals surface area (Å²) in [7, 11) is 0. The molecule has 5 nitrogen and oxygen atoms in total. The van der Waals surface area contributed by atoms with E-state index in [1.54, 1.807) is 0 Å². The molecule has 0 unspecified atom stereocenters. The molecule has 0 spiro atoms. The highest BCUT2D eigenvalue weighted by atomic mass is 16.4. The monoisotopic (exact) mass is 194 g/mol. The van der Waals surface area contributed by atoms with Crippen molar-refractivity contribution in [3.63, 3.8) is 0 Å². The minimum atomic E-state index is -1.35. The van der Waals surface area contributed by atoms with Crippen LogP contribution in [0.4, 0.5) is 0 Å². The maximum Gasteiger partial charge on any atom is 0.251 e. The summed E-state index contributed by atoms with van der Waals surface area (Å²) in [6.45, 7) is -0.528. The van der Waals surface area contributed by atoms with Crippen LogP contribution >= 0.6 is 0 Å². The Morgan fingerprint density at radius 2 is 1.86 bits per heavy atom. The van der Waals surface area contributed by atoms with E-state index in [4.69, 9.17) is 5.11 Å². The maximum atomic E-state index is 11.2. The van der Waals surface area contributed by atoms with Crippen LogP contribution in [0.15, 0.2) is 24.3 Å². The smallest absolute Gasteiger partial charge is 0.251 e. The Labute approximate surface area is 80.0 Å². The van der Waals surface area contributed by atoms with Crippen LogP contribution in [0.25, 0.3) is 0 Å². The Morgan fingerprint density at radius 1 is 1.29 bits per heavy atom. The number of carboxylic acid groups (broad SMARTS) is 1. The average Bonchev–Trinajstić information content (AvgIpc) is 2.15. The fourth-order valence-corrected chi connectivity index (χ4v) is 0.867. The summed E-state index contributed by atoms with van der Waals surface area (Å²) < 4.78 is 0. The van der Waals surface area contributed by atoms with E-state index in [1.165, 1.54) is 24.3 Å². The number of carbonyl (C=O) groups is 2. The molecule has 0 aromatic heterocycles. The van der Waals surface area contributed by atoms with Crippen LogP contribution in [0.3, 0.4) is 0 Å². The summed E-state index contributed by atoms with van der Waals surface area (Å²) in [6, 6.07) is 5.46. The summed E-state index contributed by atoms with van der Waals surface area (Å²) in [4.78, 5) is 21.2. The highest BCUT2D eigenvalue weighted by molar-refractivity contribution is 5.95. The molecule has 0 aliphatic rings. The molecule has 74 valence electrons. The van der Waals surface area contributed by atoms with Crippen molar-refractivity contribution in [3.8, 4) is 5.75 Å². The lowest BCUT2D eigenvalue weighted by atomic mass is 10.2. The number of benzene rings is 1. The van der Waals surface area contributed by atoms with Gasteiger partial charge < -0.3 is 20.3 Å². The van der Waals surface area contributed by atoms with E-state index < -0.39 is 18.4 Å². The quantitative estimate of drug-likeness (QED) is 0.637. The zero-order chi connectivity index (χ0) is 10.6. The Kier molecular flexibility index (Phi) is 3.06. The minimum absolute atomic E-state index is 0.0430. The van der Waals surface area contributed by atoms with Crippen molar-refractivity contribution >= 4 is 11.9 Å². The summed E-state index contributed by atoms with van der Waals surface area (Å²) in [5.41, 5.74) is 0.282. The first kappa shape index (κ1) is 10.0. The number of phenols is 1. The predicted octanol–water partition coefficient (Wildman–Crippen LogP) is -1.13. The predicted molar refractivity (Wildman–Crippen MR) is 45.4 cm³/mol. The molecule has 1 amide bonds. The number of carbonyl (C=O) groups excluding carboxylic acids is 2. The summed E-state index contributed by atoms with van der Waals surface area (Å²) in [5, 5.41) is 21.1. The third-order valence-electron chi connectivity index (χ3n) is 1.52. The van der Waals surface area contributed by atoms with E-state index in [1.807, 2.05) is 0 Å². The first-order valence-corrected chi connectivity index (χ1v) is 3.86. The fourth-order valence-electron chi connectivity index (χ4n) is 0.867. The molecule has 0 saturated carbocycles. The fraction of sp³-hybridized carbons (Fsp3) is 0.111. The lowest BCUT2D eigenvalue weighted by Gasteiger charge is -2.05. The Balaban J connectivity index is 2.61. The minimum Gasteiger partial charge on any atom is -0.548 e. The van der Waals surface area contributed by atoms with Gasteiger partial charge in [0.2, 0.25) is 0 Å². The van der Waals surface area contributed by atoms with Gasteiger partial charge in [0.1, 0.15) is 5.75 Å². The van der Waals surface area contributed by atoms with E-state index in [-0.39, 0.29) is 11.3 Å². The first-order valence-electron chi connectivity index (χ1n) is 3.86. The second-order valence-electron chi connectivity index (χ2n) is 2.60. The zero-order valence-electron chi connectivity index (χ0n) is 7.19. The van der Waals surface area contributed by atoms with E-state index in [0.717, 1.165) is 0 Å². The van der Waals surface area contributed by atoms with Gasteiger partial charge in [0.05, 0.1) is 12.5 Å². The molecule has 0 aliphatic heterocycles. The highest BCUT2D eigenvalue weighted by Gasteiger charge is 2.03. The van der Waals surface area contributed by atoms with Crippen molar-refractivity contribution in [1.29, 1.82) is 0 Å². The van der Waals surface area contributed by atoms with Crippen LogP contribution < -0.4 is 10.4 Å². The van der Waals surface area contributed by atoms with Crippen molar-refractivity contribution in [2.24, 2.45) is 0 Å². The Hall–Kier alpha value is -2.04. The van der Waals surface area contributed by atoms with Gasteiger partial charge in [-0.05, 0) is 24.3 Å². The number of phenolic OH excluding ortho intramolecular Hbond substituents is 1. The topological polar surface area (TPSA) is 89.5 Å². The van der Waals surface area contributed by atoms with Gasteiger partial charge in [-0.1, -0.05) is 0 Å². The normalized spacial score (nSPS) is 9.43. The number of rotatable bonds is 3. The van der Waals surface area contributed by atoms with Crippen LogP contribution in [0.2, 0.25) is 0 Å². The lowest BCUT2D eigenvalue weighted by Crippen LogP contribution is -2.37. The number of nitrogens with one attached hydrogen (secondary N) is 1. The molecule has 1 rings (SSSR count). The lowest BCUT2D eigenvalue weighted by molar-refractivity contribution is -0.303. The van der Waals surface area contributed by atoms with Crippen LogP contribution in [0.1, 0.15) is 10.4 Å². The zero-order valence-corrected chi connectivity index (χ0v) is 7.19. The Morgan fingerprint density at radius 3 is 2.36 bits per heavy atom. The molecular weight excluding hydrogens is 186 g/mol. The summed E-state index contributed by atoms with van der Waals surface area (Å²) >= 11 is 0. The van der Waals surface area contributed by atoms with Crippen molar-refractivity contribution in [2.75, 3.05) is 6.54 Å². The number of hydrogen-bond donors (Lipinski definition) is 2. The van der Waals surface area contributed by atoms with Gasteiger partial charge in [0.15, 0.2) is 0 Å². The molecular formula is C9H8NO4-. The number of carboxylic acids is 1. The molecule has 14 heavy (non-hydrogen) atoms. The van der Waals surface area contributed by atoms with E-state index in [2.05, 4.69) is 5.32 Å². The number of aliphatic carboxylic acids is 1. The third-order valence-corrected chi connectivity index (χ3v) is 1.52. The SMILES string of the molecule is O=C([O-])CNC(=O)c1ccc(O)cc1. The van der Waals surface area contributed by atoms with E-state index in [9.17, 15) is 14.7 Å². The largest absolute Gasteiger partial charge is 0.548 e. The third kappa shape index (κ3) is 2.78. The van der Waals surface area contributed by atoms with Gasteiger partial charge >= 0.3 is 0 Å². The van der Waals surface area contributed by atoms with Gasteiger partial charge in [0.25, 0.3) is 5.91 Å². The van der Waals surface area contributed by atoms with Crippen LogP contribution in [0.5, 0.6) is 5.75 Å². The van der Waals surface area contributed by atoms with Crippen molar-refractivity contribution in [2.45, 2.75) is 0 Å². The summed E-state index contributed by atoms with van der Waals surface area (Å²) in [6.07, 6.45) is 0. The molecule has 1 aromatic carbocycles. The van der Waals surface area contributed by atoms with E-state index >= 15 is 0 Å². The van der Waals surface area contributed by atoms with Crippen molar-refractivity contribution < 1.29 is 19.8 Å². The van der Waals surface area contributed by atoms with Gasteiger partial charge in [-0.15, -0.1) is 0 Å². The Bertz CT molecular complexity index is 344. The molecule has 1 aromatic rings. The molecule has 0 radical (unpaired) electrons. The molecule has 0 heterocycles. The van der Waals surface area contributed by atoms with Gasteiger partial charge in [-0.2, -0.15) is 0 Å². The van der Waals surface area contributed by atoms with Crippen molar-refractivity contribution in [1.82, 2.24) is 5.32 Å². The molecule has 0 atom stereocenters. The molecule has 2 N–H and O–H groups in total. The maximum absolute atomic E-state index is 11.2. The summed E-state index contributed by atoms with van der Waals surface area (Å²) in [5.74, 6) is -1.83. The highest BCUT2D eigenvalue weighted by Crippen LogP contribution is 2.08. The van der Waals surface area contributed by atoms with Crippen LogP contribution in [0, 0.1) is 0 Å². The molecule has 0 aliphatic carbocycles. The van der Waals surface area contributed by atoms with Crippen LogP contribution in [-0.4, -0.2) is 23.5 Å². The van der Waals surface area contributed by atoms with Gasteiger partial charge in [-0.25, -0.2) is 0 Å². The second-order valence-corrected chi connectivity index (χ2v) is 2.60. The number of hydrogen-bond acceptors (Lipinski definition) is 4. The first-order chi connectivity index (χ1) is 6.59. The molecule has 0 fully saturated rings. The number of amides is 1. The average molecular weight is 194 g/mol. The standard InChI is InChI=1S/C9H9NO4/c11-7-3-1-6(2-4-7)9(14)10-5-8(12)13/h1-4,11H,5H2,(H,10,14)(H,12,13)/p-1. The second kappa shape index (κ2) is 4.27. The van der Waals surface area contributed by atoms with Crippen LogP contribution in [-0.2, 0) is 4.79 Å². The van der Waals surface area contributed by atoms with Gasteiger partial charge in [0, 0.05) is 5.56 Å².